The van der Waals surface area contributed by atoms with Crippen LogP contribution in [0, 0.1) is 5.92 Å². The van der Waals surface area contributed by atoms with Gasteiger partial charge in [-0.2, -0.15) is 4.31 Å². The van der Waals surface area contributed by atoms with E-state index in [1.165, 1.54) is 10.7 Å². The highest BCUT2D eigenvalue weighted by atomic mass is 32.2. The van der Waals surface area contributed by atoms with Crippen LogP contribution in [-0.2, 0) is 10.0 Å². The fraction of sp³-hybridized carbons (Fsp3) is 0.611. The Kier molecular flexibility index (Phi) is 5.25. The molecule has 1 aliphatic carbocycles. The van der Waals surface area contributed by atoms with Gasteiger partial charge >= 0.3 is 0 Å². The summed E-state index contributed by atoms with van der Waals surface area (Å²) in [6.45, 7) is 3.35. The van der Waals surface area contributed by atoms with Gasteiger partial charge in [0.1, 0.15) is 0 Å². The van der Waals surface area contributed by atoms with Gasteiger partial charge in [0.2, 0.25) is 10.0 Å². The van der Waals surface area contributed by atoms with Crippen LogP contribution in [0.25, 0.3) is 0 Å². The van der Waals surface area contributed by atoms with Crippen LogP contribution < -0.4 is 5.32 Å². The normalized spacial score (nSPS) is 25.5. The summed E-state index contributed by atoms with van der Waals surface area (Å²) in [5.74, 6) is 0.386. The maximum Gasteiger partial charge on any atom is 0.251 e. The van der Waals surface area contributed by atoms with Crippen LogP contribution in [0.1, 0.15) is 55.8 Å². The Labute approximate surface area is 144 Å². The first-order valence-corrected chi connectivity index (χ1v) is 10.3. The van der Waals surface area contributed by atoms with Gasteiger partial charge in [-0.15, -0.1) is 0 Å². The molecule has 2 aliphatic rings. The van der Waals surface area contributed by atoms with Crippen molar-refractivity contribution in [2.24, 2.45) is 5.92 Å². The van der Waals surface area contributed by atoms with Crippen molar-refractivity contribution in [2.75, 3.05) is 13.1 Å². The zero-order valence-electron chi connectivity index (χ0n) is 14.2. The van der Waals surface area contributed by atoms with E-state index in [-0.39, 0.29) is 16.8 Å². The van der Waals surface area contributed by atoms with Crippen LogP contribution >= 0.6 is 0 Å². The van der Waals surface area contributed by atoms with E-state index in [1.54, 1.807) is 24.3 Å². The monoisotopic (exact) mass is 350 g/mol. The van der Waals surface area contributed by atoms with E-state index in [2.05, 4.69) is 12.2 Å². The van der Waals surface area contributed by atoms with Crippen molar-refractivity contribution in [3.05, 3.63) is 29.8 Å². The van der Waals surface area contributed by atoms with Crippen molar-refractivity contribution < 1.29 is 13.2 Å². The number of amides is 1. The molecule has 3 rings (SSSR count). The van der Waals surface area contributed by atoms with Gasteiger partial charge < -0.3 is 5.32 Å². The molecule has 132 valence electrons. The highest BCUT2D eigenvalue weighted by Crippen LogP contribution is 2.24. The standard InChI is InChI=1S/C18H26N2O3S/c1-14-6-2-3-7-17(14)19-18(21)15-8-10-16(11-9-15)24(22,23)20-12-4-5-13-20/h8-11,14,17H,2-7,12-13H2,1H3,(H,19,21)/t14-,17+/m1/s1. The molecule has 1 aromatic rings. The number of nitrogens with one attached hydrogen (secondary N) is 1. The molecule has 1 saturated heterocycles. The van der Waals surface area contributed by atoms with Crippen LogP contribution in [0.5, 0.6) is 0 Å². The zero-order chi connectivity index (χ0) is 17.2. The minimum Gasteiger partial charge on any atom is -0.349 e. The molecule has 1 N–H and O–H groups in total. The van der Waals surface area contributed by atoms with Crippen molar-refractivity contribution in [1.29, 1.82) is 0 Å². The molecule has 1 aromatic carbocycles. The van der Waals surface area contributed by atoms with Crippen molar-refractivity contribution in [3.63, 3.8) is 0 Å². The van der Waals surface area contributed by atoms with Gasteiger partial charge in [-0.1, -0.05) is 19.8 Å². The first kappa shape index (κ1) is 17.4. The third kappa shape index (κ3) is 3.64. The van der Waals surface area contributed by atoms with Gasteiger partial charge in [-0.25, -0.2) is 8.42 Å². The lowest BCUT2D eigenvalue weighted by Gasteiger charge is -2.29. The van der Waals surface area contributed by atoms with Crippen LogP contribution in [0.15, 0.2) is 29.2 Å². The van der Waals surface area contributed by atoms with E-state index in [4.69, 9.17) is 0 Å². The Morgan fingerprint density at radius 1 is 1.04 bits per heavy atom. The Morgan fingerprint density at radius 3 is 2.29 bits per heavy atom. The highest BCUT2D eigenvalue weighted by molar-refractivity contribution is 7.89. The van der Waals surface area contributed by atoms with Crippen LogP contribution in [-0.4, -0.2) is 37.8 Å². The molecule has 0 radical (unpaired) electrons. The van der Waals surface area contributed by atoms with E-state index in [0.717, 1.165) is 32.1 Å². The van der Waals surface area contributed by atoms with Gasteiger partial charge in [0.15, 0.2) is 0 Å². The fourth-order valence-corrected chi connectivity index (χ4v) is 5.16. The van der Waals surface area contributed by atoms with Crippen LogP contribution in [0.4, 0.5) is 0 Å². The summed E-state index contributed by atoms with van der Waals surface area (Å²) in [6, 6.07) is 6.55. The fourth-order valence-electron chi connectivity index (χ4n) is 3.64. The predicted octanol–water partition coefficient (Wildman–Crippen LogP) is 2.78. The maximum atomic E-state index is 12.5. The number of benzene rings is 1. The number of nitrogens with zero attached hydrogens (tertiary/aromatic N) is 1. The average molecular weight is 350 g/mol. The molecule has 0 aromatic heterocycles. The molecule has 0 bridgehead atoms. The Hall–Kier alpha value is -1.40. The van der Waals surface area contributed by atoms with Gasteiger partial charge in [0.25, 0.3) is 5.91 Å². The van der Waals surface area contributed by atoms with Gasteiger partial charge in [0, 0.05) is 24.7 Å². The first-order chi connectivity index (χ1) is 11.5. The smallest absolute Gasteiger partial charge is 0.251 e. The molecule has 2 fully saturated rings. The molecule has 1 aliphatic heterocycles. The SMILES string of the molecule is C[C@@H]1CCCC[C@@H]1NC(=O)c1ccc(S(=O)(=O)N2CCCC2)cc1. The van der Waals surface area contributed by atoms with Crippen LogP contribution in [0.3, 0.4) is 0 Å². The van der Waals surface area contributed by atoms with Crippen LogP contribution in [0.2, 0.25) is 0 Å². The number of hydrogen-bond donors (Lipinski definition) is 1. The molecule has 24 heavy (non-hydrogen) atoms. The molecular formula is C18H26N2O3S. The molecule has 0 unspecified atom stereocenters. The summed E-state index contributed by atoms with van der Waals surface area (Å²) < 4.78 is 26.5. The minimum atomic E-state index is -3.42. The number of carbonyl (C=O) groups excluding carboxylic acids is 1. The number of sulfonamides is 1. The lowest BCUT2D eigenvalue weighted by Crippen LogP contribution is -2.41. The van der Waals surface area contributed by atoms with E-state index in [1.807, 2.05) is 0 Å². The van der Waals surface area contributed by atoms with E-state index in [0.29, 0.717) is 24.6 Å². The van der Waals surface area contributed by atoms with E-state index < -0.39 is 10.0 Å². The third-order valence-corrected chi connectivity index (χ3v) is 7.16. The molecule has 6 heteroatoms. The van der Waals surface area contributed by atoms with Crippen molar-refractivity contribution in [3.8, 4) is 0 Å². The summed E-state index contributed by atoms with van der Waals surface area (Å²) in [5, 5.41) is 3.10. The molecule has 1 saturated carbocycles. The molecule has 1 amide bonds. The third-order valence-electron chi connectivity index (χ3n) is 5.25. The molecule has 2 atom stereocenters. The zero-order valence-corrected chi connectivity index (χ0v) is 15.0. The first-order valence-electron chi connectivity index (χ1n) is 8.89. The summed E-state index contributed by atoms with van der Waals surface area (Å²) in [4.78, 5) is 12.7. The molecule has 1 heterocycles. The Morgan fingerprint density at radius 2 is 1.67 bits per heavy atom. The van der Waals surface area contributed by atoms with Crippen molar-refractivity contribution in [1.82, 2.24) is 9.62 Å². The predicted molar refractivity (Wildman–Crippen MR) is 93.3 cm³/mol. The second kappa shape index (κ2) is 7.23. The summed E-state index contributed by atoms with van der Waals surface area (Å²) in [7, 11) is -3.42. The number of hydrogen-bond acceptors (Lipinski definition) is 3. The molecule has 5 nitrogen and oxygen atoms in total. The summed E-state index contributed by atoms with van der Waals surface area (Å²) in [6.07, 6.45) is 6.39. The maximum absolute atomic E-state index is 12.5. The number of carbonyl (C=O) groups is 1. The number of rotatable bonds is 4. The average Bonchev–Trinajstić information content (AvgIpc) is 3.12. The lowest BCUT2D eigenvalue weighted by molar-refractivity contribution is 0.0910. The lowest BCUT2D eigenvalue weighted by atomic mass is 9.86. The van der Waals surface area contributed by atoms with E-state index in [9.17, 15) is 13.2 Å². The summed E-state index contributed by atoms with van der Waals surface area (Å²) in [5.41, 5.74) is 0.521. The van der Waals surface area contributed by atoms with Gasteiger partial charge in [-0.3, -0.25) is 4.79 Å². The van der Waals surface area contributed by atoms with E-state index >= 15 is 0 Å². The van der Waals surface area contributed by atoms with Gasteiger partial charge in [-0.05, 0) is 55.9 Å². The quantitative estimate of drug-likeness (QED) is 0.908. The van der Waals surface area contributed by atoms with Gasteiger partial charge in [0.05, 0.1) is 4.90 Å². The minimum absolute atomic E-state index is 0.112. The Balaban J connectivity index is 1.68. The summed E-state index contributed by atoms with van der Waals surface area (Å²) >= 11 is 0. The largest absolute Gasteiger partial charge is 0.349 e. The topological polar surface area (TPSA) is 66.5 Å². The highest BCUT2D eigenvalue weighted by Gasteiger charge is 2.27. The van der Waals surface area contributed by atoms with Crippen molar-refractivity contribution in [2.45, 2.75) is 56.4 Å². The Bertz CT molecular complexity index is 679. The van der Waals surface area contributed by atoms with Crippen molar-refractivity contribution >= 4 is 15.9 Å². The second-order valence-corrected chi connectivity index (χ2v) is 8.92. The molecular weight excluding hydrogens is 324 g/mol. The molecule has 0 spiro atoms. The second-order valence-electron chi connectivity index (χ2n) is 6.98.